The summed E-state index contributed by atoms with van der Waals surface area (Å²) in [5.41, 5.74) is -0.383. The molecule has 13 heavy (non-hydrogen) atoms. The molecule has 76 valence electrons. The fraction of sp³-hybridized carbons (Fsp3) is 0.900. The fourth-order valence-corrected chi connectivity index (χ4v) is 2.48. The van der Waals surface area contributed by atoms with E-state index >= 15 is 0 Å². The van der Waals surface area contributed by atoms with E-state index in [1.165, 1.54) is 6.42 Å². The molecule has 1 N–H and O–H groups in total. The highest BCUT2D eigenvalue weighted by atomic mass is 79.9. The molecule has 0 radical (unpaired) electrons. The average Bonchev–Trinajstić information content (AvgIpc) is 2.16. The lowest BCUT2D eigenvalue weighted by Crippen LogP contribution is -2.33. The van der Waals surface area contributed by atoms with Crippen LogP contribution in [0.5, 0.6) is 0 Å². The van der Waals surface area contributed by atoms with Crippen molar-refractivity contribution in [3.05, 3.63) is 0 Å². The van der Waals surface area contributed by atoms with Crippen LogP contribution in [-0.4, -0.2) is 16.4 Å². The zero-order valence-corrected chi connectivity index (χ0v) is 9.48. The minimum Gasteiger partial charge on any atom is -0.481 e. The molecule has 0 amide bonds. The van der Waals surface area contributed by atoms with Crippen LogP contribution >= 0.6 is 15.9 Å². The Labute approximate surface area is 87.8 Å². The number of carboxylic acid groups (broad SMARTS) is 1. The van der Waals surface area contributed by atoms with E-state index in [2.05, 4.69) is 15.9 Å². The largest absolute Gasteiger partial charge is 0.481 e. The summed E-state index contributed by atoms with van der Waals surface area (Å²) >= 11 is 3.36. The first kappa shape index (κ1) is 11.0. The first-order chi connectivity index (χ1) is 6.21. The Balaban J connectivity index is 2.56. The van der Waals surface area contributed by atoms with Crippen molar-refractivity contribution in [2.24, 2.45) is 5.41 Å². The Kier molecular flexibility index (Phi) is 4.23. The highest BCUT2D eigenvalue weighted by Crippen LogP contribution is 2.40. The third kappa shape index (κ3) is 2.70. The maximum absolute atomic E-state index is 11.2. The molecule has 0 atom stereocenters. The molecule has 1 aliphatic rings. The molecular weight excluding hydrogens is 232 g/mol. The van der Waals surface area contributed by atoms with Crippen molar-refractivity contribution in [3.63, 3.8) is 0 Å². The van der Waals surface area contributed by atoms with Gasteiger partial charge < -0.3 is 5.11 Å². The molecule has 3 heteroatoms. The van der Waals surface area contributed by atoms with Crippen molar-refractivity contribution in [2.45, 2.75) is 44.9 Å². The van der Waals surface area contributed by atoms with Gasteiger partial charge in [0.15, 0.2) is 0 Å². The second-order valence-corrected chi connectivity index (χ2v) is 4.73. The van der Waals surface area contributed by atoms with E-state index in [1.54, 1.807) is 0 Å². The van der Waals surface area contributed by atoms with Crippen molar-refractivity contribution in [3.8, 4) is 0 Å². The number of carbonyl (C=O) groups is 1. The second-order valence-electron chi connectivity index (χ2n) is 3.94. The van der Waals surface area contributed by atoms with Crippen molar-refractivity contribution in [2.75, 3.05) is 5.33 Å². The van der Waals surface area contributed by atoms with Crippen LogP contribution < -0.4 is 0 Å². The minimum atomic E-state index is -0.576. The monoisotopic (exact) mass is 248 g/mol. The molecule has 0 bridgehead atoms. The van der Waals surface area contributed by atoms with E-state index in [9.17, 15) is 9.90 Å². The molecule has 1 saturated carbocycles. The van der Waals surface area contributed by atoms with E-state index in [1.807, 2.05) is 0 Å². The van der Waals surface area contributed by atoms with Crippen molar-refractivity contribution in [1.82, 2.24) is 0 Å². The lowest BCUT2D eigenvalue weighted by Gasteiger charge is -2.32. The van der Waals surface area contributed by atoms with Crippen LogP contribution in [0.3, 0.4) is 0 Å². The average molecular weight is 249 g/mol. The lowest BCUT2D eigenvalue weighted by molar-refractivity contribution is -0.151. The molecule has 0 unspecified atom stereocenters. The SMILES string of the molecule is O=C(O)C1(CCCBr)CCCCC1. The van der Waals surface area contributed by atoms with Crippen LogP contribution in [-0.2, 0) is 4.79 Å². The molecular formula is C10H17BrO2. The van der Waals surface area contributed by atoms with Crippen LogP contribution in [0.4, 0.5) is 0 Å². The molecule has 1 fully saturated rings. The van der Waals surface area contributed by atoms with E-state index in [-0.39, 0.29) is 5.41 Å². The zero-order chi connectivity index (χ0) is 9.73. The van der Waals surface area contributed by atoms with E-state index < -0.39 is 5.97 Å². The zero-order valence-electron chi connectivity index (χ0n) is 7.89. The molecule has 2 nitrogen and oxygen atoms in total. The number of rotatable bonds is 4. The summed E-state index contributed by atoms with van der Waals surface area (Å²) in [6, 6.07) is 0. The summed E-state index contributed by atoms with van der Waals surface area (Å²) < 4.78 is 0. The first-order valence-electron chi connectivity index (χ1n) is 5.01. The van der Waals surface area contributed by atoms with Gasteiger partial charge in [0, 0.05) is 5.33 Å². The van der Waals surface area contributed by atoms with Gasteiger partial charge in [-0.25, -0.2) is 0 Å². The fourth-order valence-electron chi connectivity index (χ4n) is 2.20. The molecule has 1 aliphatic carbocycles. The van der Waals surface area contributed by atoms with E-state index in [0.29, 0.717) is 0 Å². The topological polar surface area (TPSA) is 37.3 Å². The van der Waals surface area contributed by atoms with Gasteiger partial charge in [-0.05, 0) is 25.7 Å². The number of halogens is 1. The van der Waals surface area contributed by atoms with Gasteiger partial charge in [0.05, 0.1) is 5.41 Å². The molecule has 0 aromatic heterocycles. The van der Waals surface area contributed by atoms with Crippen molar-refractivity contribution >= 4 is 21.9 Å². The van der Waals surface area contributed by atoms with E-state index in [0.717, 1.165) is 43.9 Å². The summed E-state index contributed by atoms with van der Waals surface area (Å²) in [7, 11) is 0. The quantitative estimate of drug-likeness (QED) is 0.777. The maximum Gasteiger partial charge on any atom is 0.309 e. The summed E-state index contributed by atoms with van der Waals surface area (Å²) in [6.07, 6.45) is 6.98. The highest BCUT2D eigenvalue weighted by Gasteiger charge is 2.38. The molecule has 0 aromatic rings. The van der Waals surface area contributed by atoms with E-state index in [4.69, 9.17) is 0 Å². The normalized spacial score (nSPS) is 21.3. The number of carboxylic acids is 1. The Hall–Kier alpha value is -0.0500. The first-order valence-corrected chi connectivity index (χ1v) is 6.13. The van der Waals surface area contributed by atoms with Gasteiger partial charge in [-0.2, -0.15) is 0 Å². The Morgan fingerprint density at radius 3 is 2.38 bits per heavy atom. The van der Waals surface area contributed by atoms with Crippen LogP contribution in [0.2, 0.25) is 0 Å². The maximum atomic E-state index is 11.2. The highest BCUT2D eigenvalue weighted by molar-refractivity contribution is 9.09. The molecule has 1 rings (SSSR count). The lowest BCUT2D eigenvalue weighted by atomic mass is 9.71. The Bertz CT molecular complexity index is 174. The van der Waals surface area contributed by atoms with Crippen LogP contribution in [0.1, 0.15) is 44.9 Å². The second kappa shape index (κ2) is 4.99. The predicted molar refractivity (Wildman–Crippen MR) is 56.2 cm³/mol. The Morgan fingerprint density at radius 1 is 1.31 bits per heavy atom. The number of aliphatic carboxylic acids is 1. The van der Waals surface area contributed by atoms with Crippen LogP contribution in [0, 0.1) is 5.41 Å². The Morgan fingerprint density at radius 2 is 1.92 bits per heavy atom. The van der Waals surface area contributed by atoms with Gasteiger partial charge in [-0.1, -0.05) is 35.2 Å². The van der Waals surface area contributed by atoms with Gasteiger partial charge in [-0.3, -0.25) is 4.79 Å². The molecule has 0 saturated heterocycles. The third-order valence-corrected chi connectivity index (χ3v) is 3.61. The molecule has 0 heterocycles. The minimum absolute atomic E-state index is 0.383. The molecule has 0 aromatic carbocycles. The van der Waals surface area contributed by atoms with Gasteiger partial charge in [-0.15, -0.1) is 0 Å². The summed E-state index contributed by atoms with van der Waals surface area (Å²) in [5, 5.41) is 10.1. The van der Waals surface area contributed by atoms with Gasteiger partial charge >= 0.3 is 5.97 Å². The van der Waals surface area contributed by atoms with Gasteiger partial charge in [0.2, 0.25) is 0 Å². The number of alkyl halides is 1. The number of hydrogen-bond donors (Lipinski definition) is 1. The summed E-state index contributed by atoms with van der Waals surface area (Å²) in [6.45, 7) is 0. The smallest absolute Gasteiger partial charge is 0.309 e. The van der Waals surface area contributed by atoms with Gasteiger partial charge in [0.1, 0.15) is 0 Å². The number of hydrogen-bond acceptors (Lipinski definition) is 1. The third-order valence-electron chi connectivity index (χ3n) is 3.05. The standard InChI is InChI=1S/C10H17BrO2/c11-8-4-7-10(9(12)13)5-2-1-3-6-10/h1-8H2,(H,12,13). The van der Waals surface area contributed by atoms with Gasteiger partial charge in [0.25, 0.3) is 0 Å². The predicted octanol–water partition coefficient (Wildman–Crippen LogP) is 3.20. The summed E-state index contributed by atoms with van der Waals surface area (Å²) in [5.74, 6) is -0.576. The molecule has 0 spiro atoms. The summed E-state index contributed by atoms with van der Waals surface area (Å²) in [4.78, 5) is 11.2. The van der Waals surface area contributed by atoms with Crippen molar-refractivity contribution in [1.29, 1.82) is 0 Å². The molecule has 0 aliphatic heterocycles. The van der Waals surface area contributed by atoms with Crippen LogP contribution in [0.15, 0.2) is 0 Å². The van der Waals surface area contributed by atoms with Crippen LogP contribution in [0.25, 0.3) is 0 Å². The van der Waals surface area contributed by atoms with Crippen molar-refractivity contribution < 1.29 is 9.90 Å².